The van der Waals surface area contributed by atoms with Crippen LogP contribution in [0, 0.1) is 5.82 Å². The predicted molar refractivity (Wildman–Crippen MR) is 103 cm³/mol. The molecule has 0 radical (unpaired) electrons. The lowest BCUT2D eigenvalue weighted by Crippen LogP contribution is -2.45. The summed E-state index contributed by atoms with van der Waals surface area (Å²) in [6, 6.07) is 4.45. The minimum atomic E-state index is -0.798. The van der Waals surface area contributed by atoms with E-state index in [9.17, 15) is 14.0 Å². The SMILES string of the molecule is CC1=C(C(=O)N2CCOCC2)[C@@H](c2c(F)cccc2Cl)C2=C(CCCC2=O)N1. The van der Waals surface area contributed by atoms with Gasteiger partial charge in [-0.2, -0.15) is 0 Å². The lowest BCUT2D eigenvalue weighted by atomic mass is 9.74. The number of amides is 1. The number of hydrogen-bond acceptors (Lipinski definition) is 4. The summed E-state index contributed by atoms with van der Waals surface area (Å²) in [5.41, 5.74) is 2.48. The van der Waals surface area contributed by atoms with Gasteiger partial charge in [0, 0.05) is 52.6 Å². The molecule has 1 aliphatic carbocycles. The summed E-state index contributed by atoms with van der Waals surface area (Å²) in [5.74, 6) is -1.57. The number of nitrogens with zero attached hydrogens (tertiary/aromatic N) is 1. The Kier molecular flexibility index (Phi) is 5.25. The van der Waals surface area contributed by atoms with Crippen LogP contribution in [0.5, 0.6) is 0 Å². The van der Waals surface area contributed by atoms with Crippen molar-refractivity contribution in [2.75, 3.05) is 26.3 Å². The van der Waals surface area contributed by atoms with Crippen molar-refractivity contribution in [2.24, 2.45) is 0 Å². The molecule has 148 valence electrons. The third-order valence-electron chi connectivity index (χ3n) is 5.59. The molecule has 0 aromatic heterocycles. The summed E-state index contributed by atoms with van der Waals surface area (Å²) in [4.78, 5) is 28.0. The predicted octanol–water partition coefficient (Wildman–Crippen LogP) is 3.31. The zero-order chi connectivity index (χ0) is 19.8. The quantitative estimate of drug-likeness (QED) is 0.821. The average Bonchev–Trinajstić information content (AvgIpc) is 2.68. The second kappa shape index (κ2) is 7.68. The Hall–Kier alpha value is -2.18. The van der Waals surface area contributed by atoms with E-state index in [1.165, 1.54) is 12.1 Å². The summed E-state index contributed by atoms with van der Waals surface area (Å²) < 4.78 is 20.3. The number of nitrogens with one attached hydrogen (secondary N) is 1. The van der Waals surface area contributed by atoms with Gasteiger partial charge < -0.3 is 15.0 Å². The Morgan fingerprint density at radius 3 is 2.75 bits per heavy atom. The van der Waals surface area contributed by atoms with Crippen LogP contribution in [0.3, 0.4) is 0 Å². The third-order valence-corrected chi connectivity index (χ3v) is 5.92. The molecule has 28 heavy (non-hydrogen) atoms. The second-order valence-corrected chi connectivity index (χ2v) is 7.71. The maximum Gasteiger partial charge on any atom is 0.252 e. The van der Waals surface area contributed by atoms with Gasteiger partial charge in [0.25, 0.3) is 5.91 Å². The summed E-state index contributed by atoms with van der Waals surface area (Å²) in [5, 5.41) is 3.47. The van der Waals surface area contributed by atoms with Crippen LogP contribution in [0.1, 0.15) is 37.7 Å². The fourth-order valence-electron chi connectivity index (χ4n) is 4.28. The minimum absolute atomic E-state index is 0.0575. The van der Waals surface area contributed by atoms with Crippen molar-refractivity contribution < 1.29 is 18.7 Å². The van der Waals surface area contributed by atoms with E-state index in [0.29, 0.717) is 56.0 Å². The van der Waals surface area contributed by atoms with E-state index in [0.717, 1.165) is 12.1 Å². The van der Waals surface area contributed by atoms with Crippen LogP contribution in [-0.4, -0.2) is 42.9 Å². The lowest BCUT2D eigenvalue weighted by molar-refractivity contribution is -0.131. The number of ether oxygens (including phenoxy) is 1. The Morgan fingerprint density at radius 1 is 1.29 bits per heavy atom. The van der Waals surface area contributed by atoms with E-state index in [1.807, 2.05) is 0 Å². The number of hydrogen-bond donors (Lipinski definition) is 1. The second-order valence-electron chi connectivity index (χ2n) is 7.31. The molecular weight excluding hydrogens is 383 g/mol. The monoisotopic (exact) mass is 404 g/mol. The van der Waals surface area contributed by atoms with Crippen LogP contribution in [0.15, 0.2) is 40.7 Å². The molecule has 2 heterocycles. The Bertz CT molecular complexity index is 883. The van der Waals surface area contributed by atoms with Crippen molar-refractivity contribution >= 4 is 23.3 Å². The number of allylic oxidation sites excluding steroid dienone is 3. The van der Waals surface area contributed by atoms with E-state index in [1.54, 1.807) is 17.9 Å². The molecule has 0 unspecified atom stereocenters. The highest BCUT2D eigenvalue weighted by Gasteiger charge is 2.41. The van der Waals surface area contributed by atoms with Crippen LogP contribution in [0.4, 0.5) is 4.39 Å². The van der Waals surface area contributed by atoms with E-state index < -0.39 is 11.7 Å². The fraction of sp³-hybridized carbons (Fsp3) is 0.429. The molecule has 0 spiro atoms. The summed E-state index contributed by atoms with van der Waals surface area (Å²) in [7, 11) is 0. The molecule has 0 saturated carbocycles. The number of dihydropyridines is 1. The number of halogens is 2. The summed E-state index contributed by atoms with van der Waals surface area (Å²) in [6.07, 6.45) is 1.82. The number of Topliss-reactive ketones (excluding diaryl/α,β-unsaturated/α-hetero) is 1. The highest BCUT2D eigenvalue weighted by molar-refractivity contribution is 6.31. The number of carbonyl (C=O) groups excluding carboxylic acids is 2. The molecule has 7 heteroatoms. The number of carbonyl (C=O) groups is 2. The van der Waals surface area contributed by atoms with Crippen molar-refractivity contribution in [1.82, 2.24) is 10.2 Å². The molecule has 1 amide bonds. The lowest BCUT2D eigenvalue weighted by Gasteiger charge is -2.37. The van der Waals surface area contributed by atoms with Gasteiger partial charge in [-0.15, -0.1) is 0 Å². The van der Waals surface area contributed by atoms with Crippen molar-refractivity contribution in [2.45, 2.75) is 32.1 Å². The molecule has 1 atom stereocenters. The molecule has 4 rings (SSSR count). The third kappa shape index (κ3) is 3.25. The van der Waals surface area contributed by atoms with Crippen LogP contribution in [0.25, 0.3) is 0 Å². The van der Waals surface area contributed by atoms with Gasteiger partial charge in [0.1, 0.15) is 5.82 Å². The van der Waals surface area contributed by atoms with Gasteiger partial charge >= 0.3 is 0 Å². The first-order valence-electron chi connectivity index (χ1n) is 9.54. The molecule has 0 bridgehead atoms. The van der Waals surface area contributed by atoms with Gasteiger partial charge in [0.2, 0.25) is 0 Å². The number of ketones is 1. The average molecular weight is 405 g/mol. The largest absolute Gasteiger partial charge is 0.378 e. The standard InChI is InChI=1S/C21H22ClFN2O3/c1-12-17(21(27)25-8-10-28-11-9-25)20(18-13(22)4-2-5-14(18)23)19-15(24-12)6-3-7-16(19)26/h2,4-5,20,24H,3,6-11H2,1H3/t20-/m0/s1. The number of morpholine rings is 1. The van der Waals surface area contributed by atoms with Crippen LogP contribution >= 0.6 is 11.6 Å². The Balaban J connectivity index is 1.88. The molecule has 5 nitrogen and oxygen atoms in total. The topological polar surface area (TPSA) is 58.6 Å². The van der Waals surface area contributed by atoms with Crippen molar-refractivity contribution in [3.63, 3.8) is 0 Å². The molecule has 1 aromatic rings. The Labute approximate surface area is 168 Å². The highest BCUT2D eigenvalue weighted by Crippen LogP contribution is 2.45. The van der Waals surface area contributed by atoms with Crippen LogP contribution < -0.4 is 5.32 Å². The van der Waals surface area contributed by atoms with Gasteiger partial charge in [0.05, 0.1) is 19.1 Å². The maximum atomic E-state index is 14.9. The van der Waals surface area contributed by atoms with Crippen molar-refractivity contribution in [3.05, 3.63) is 57.1 Å². The number of rotatable bonds is 2. The van der Waals surface area contributed by atoms with Crippen molar-refractivity contribution in [3.8, 4) is 0 Å². The van der Waals surface area contributed by atoms with Crippen molar-refractivity contribution in [1.29, 1.82) is 0 Å². The van der Waals surface area contributed by atoms with Gasteiger partial charge in [-0.05, 0) is 31.9 Å². The van der Waals surface area contributed by atoms with Gasteiger partial charge in [-0.3, -0.25) is 9.59 Å². The van der Waals surface area contributed by atoms with Gasteiger partial charge in [0.15, 0.2) is 5.78 Å². The van der Waals surface area contributed by atoms with E-state index in [-0.39, 0.29) is 22.3 Å². The zero-order valence-corrected chi connectivity index (χ0v) is 16.4. The summed E-state index contributed by atoms with van der Waals surface area (Å²) in [6.45, 7) is 3.66. The number of benzene rings is 1. The normalized spacial score (nSPS) is 22.9. The first kappa shape index (κ1) is 19.2. The van der Waals surface area contributed by atoms with E-state index >= 15 is 0 Å². The molecule has 1 fully saturated rings. The summed E-state index contributed by atoms with van der Waals surface area (Å²) >= 11 is 6.38. The minimum Gasteiger partial charge on any atom is -0.378 e. The van der Waals surface area contributed by atoms with E-state index in [2.05, 4.69) is 5.32 Å². The first-order chi connectivity index (χ1) is 13.5. The molecule has 1 N–H and O–H groups in total. The van der Waals surface area contributed by atoms with Gasteiger partial charge in [-0.1, -0.05) is 17.7 Å². The van der Waals surface area contributed by atoms with E-state index in [4.69, 9.17) is 16.3 Å². The molecule has 2 aliphatic heterocycles. The molecule has 1 saturated heterocycles. The maximum absolute atomic E-state index is 14.9. The fourth-order valence-corrected chi connectivity index (χ4v) is 4.55. The van der Waals surface area contributed by atoms with Crippen LogP contribution in [-0.2, 0) is 14.3 Å². The first-order valence-corrected chi connectivity index (χ1v) is 9.91. The molecule has 3 aliphatic rings. The molecule has 1 aromatic carbocycles. The Morgan fingerprint density at radius 2 is 2.04 bits per heavy atom. The van der Waals surface area contributed by atoms with Gasteiger partial charge in [-0.25, -0.2) is 4.39 Å². The molecular formula is C21H22ClFN2O3. The highest BCUT2D eigenvalue weighted by atomic mass is 35.5. The van der Waals surface area contributed by atoms with Crippen LogP contribution in [0.2, 0.25) is 5.02 Å². The zero-order valence-electron chi connectivity index (χ0n) is 15.7. The smallest absolute Gasteiger partial charge is 0.252 e.